The Morgan fingerprint density at radius 3 is 1.63 bits per heavy atom. The van der Waals surface area contributed by atoms with Crippen LogP contribution < -0.4 is 4.90 Å². The summed E-state index contributed by atoms with van der Waals surface area (Å²) >= 11 is 0. The molecule has 1 aliphatic rings. The van der Waals surface area contributed by atoms with E-state index in [2.05, 4.69) is 261 Å². The average Bonchev–Trinajstić information content (AvgIpc) is 3.93. The van der Waals surface area contributed by atoms with Crippen LogP contribution in [0.3, 0.4) is 0 Å². The van der Waals surface area contributed by atoms with Crippen LogP contribution in [0.5, 0.6) is 0 Å². The zero-order chi connectivity index (χ0) is 45.2. The minimum Gasteiger partial charge on any atom is -0.455 e. The highest BCUT2D eigenvalue weighted by molar-refractivity contribution is 6.12. The summed E-state index contributed by atoms with van der Waals surface area (Å²) in [6, 6.07) is 92.7. The molecule has 0 saturated heterocycles. The van der Waals surface area contributed by atoms with Crippen molar-refractivity contribution in [1.29, 1.82) is 0 Å². The van der Waals surface area contributed by atoms with Gasteiger partial charge in [0.25, 0.3) is 0 Å². The third kappa shape index (κ3) is 6.18. The van der Waals surface area contributed by atoms with Gasteiger partial charge in [-0.15, -0.1) is 0 Å². The normalized spacial score (nSPS) is 14.0. The van der Waals surface area contributed by atoms with Crippen molar-refractivity contribution in [1.82, 2.24) is 0 Å². The maximum atomic E-state index is 6.73. The summed E-state index contributed by atoms with van der Waals surface area (Å²) in [5, 5.41) is 4.65. The Hall–Kier alpha value is -8.72. The van der Waals surface area contributed by atoms with Gasteiger partial charge in [0.05, 0.1) is 11.4 Å². The molecule has 0 spiro atoms. The fraction of sp³-hybridized carbons (Fsp3) is 0.0303. The maximum absolute atomic E-state index is 6.73. The number of hydrogen-bond acceptors (Lipinski definition) is 2. The number of benzene rings is 11. The van der Waals surface area contributed by atoms with Crippen molar-refractivity contribution in [3.05, 3.63) is 271 Å². The molecule has 13 rings (SSSR count). The highest BCUT2D eigenvalue weighted by Gasteiger charge is 2.41. The predicted octanol–water partition coefficient (Wildman–Crippen LogP) is 18.2. The van der Waals surface area contributed by atoms with Gasteiger partial charge < -0.3 is 9.32 Å². The molecule has 1 unspecified atom stereocenters. The van der Waals surface area contributed by atoms with E-state index in [9.17, 15) is 0 Å². The Morgan fingerprint density at radius 2 is 0.868 bits per heavy atom. The third-order valence-corrected chi connectivity index (χ3v) is 14.4. The molecular weight excluding hydrogens is 823 g/mol. The van der Waals surface area contributed by atoms with E-state index in [-0.39, 0.29) is 5.41 Å². The molecule has 0 aliphatic heterocycles. The Balaban J connectivity index is 1.03. The van der Waals surface area contributed by atoms with Crippen LogP contribution in [0.1, 0.15) is 23.6 Å². The minimum atomic E-state index is -0.280. The van der Waals surface area contributed by atoms with Crippen molar-refractivity contribution < 1.29 is 4.42 Å². The zero-order valence-electron chi connectivity index (χ0n) is 37.6. The molecule has 0 fully saturated rings. The Kier molecular flexibility index (Phi) is 9.33. The SMILES string of the molecule is CC1(c2ccccc2)c2ccccc2-c2c(-c3ccc(N(c4ccccc4-c4cccc5c4oc4ccccc45)c4ccccc4-c4cccc5cccc(-c6ccccc6)c45)cc3)cccc21. The quantitative estimate of drug-likeness (QED) is 0.151. The number of hydrogen-bond donors (Lipinski definition) is 0. The van der Waals surface area contributed by atoms with Crippen LogP contribution in [-0.4, -0.2) is 0 Å². The molecule has 11 aromatic carbocycles. The first kappa shape index (κ1) is 39.6. The summed E-state index contributed by atoms with van der Waals surface area (Å²) in [7, 11) is 0. The van der Waals surface area contributed by atoms with E-state index in [0.717, 1.165) is 55.7 Å². The van der Waals surface area contributed by atoms with Gasteiger partial charge in [-0.05, 0) is 104 Å². The van der Waals surface area contributed by atoms with Gasteiger partial charge in [0.15, 0.2) is 0 Å². The highest BCUT2D eigenvalue weighted by Crippen LogP contribution is 2.55. The molecule has 0 saturated carbocycles. The lowest BCUT2D eigenvalue weighted by Crippen LogP contribution is -2.22. The van der Waals surface area contributed by atoms with Crippen LogP contribution >= 0.6 is 0 Å². The lowest BCUT2D eigenvalue weighted by molar-refractivity contribution is 0.670. The van der Waals surface area contributed by atoms with E-state index in [1.165, 1.54) is 66.4 Å². The number of rotatable bonds is 8. The van der Waals surface area contributed by atoms with E-state index in [1.54, 1.807) is 0 Å². The summed E-state index contributed by atoms with van der Waals surface area (Å²) in [6.45, 7) is 2.39. The molecule has 2 heteroatoms. The Morgan fingerprint density at radius 1 is 0.353 bits per heavy atom. The van der Waals surface area contributed by atoms with Gasteiger partial charge in [-0.1, -0.05) is 224 Å². The van der Waals surface area contributed by atoms with Crippen LogP contribution in [0.4, 0.5) is 17.1 Å². The van der Waals surface area contributed by atoms with Gasteiger partial charge in [0.1, 0.15) is 11.2 Å². The highest BCUT2D eigenvalue weighted by atomic mass is 16.3. The van der Waals surface area contributed by atoms with Gasteiger partial charge in [0.2, 0.25) is 0 Å². The maximum Gasteiger partial charge on any atom is 0.143 e. The molecule has 1 aliphatic carbocycles. The monoisotopic (exact) mass is 867 g/mol. The molecule has 12 aromatic rings. The van der Waals surface area contributed by atoms with Crippen LogP contribution in [0.2, 0.25) is 0 Å². The molecule has 68 heavy (non-hydrogen) atoms. The smallest absolute Gasteiger partial charge is 0.143 e. The summed E-state index contributed by atoms with van der Waals surface area (Å²) in [4.78, 5) is 2.46. The fourth-order valence-electron chi connectivity index (χ4n) is 11.2. The van der Waals surface area contributed by atoms with E-state index in [4.69, 9.17) is 4.42 Å². The van der Waals surface area contributed by atoms with Crippen LogP contribution in [0, 0.1) is 0 Å². The Labute approximate surface area is 396 Å². The second-order valence-corrected chi connectivity index (χ2v) is 18.0. The molecule has 0 N–H and O–H groups in total. The van der Waals surface area contributed by atoms with Crippen LogP contribution in [0.15, 0.2) is 259 Å². The molecule has 2 nitrogen and oxygen atoms in total. The molecule has 320 valence electrons. The predicted molar refractivity (Wildman–Crippen MR) is 285 cm³/mol. The third-order valence-electron chi connectivity index (χ3n) is 14.4. The number of para-hydroxylation sites is 4. The summed E-state index contributed by atoms with van der Waals surface area (Å²) in [6.07, 6.45) is 0. The largest absolute Gasteiger partial charge is 0.455 e. The van der Waals surface area contributed by atoms with Gasteiger partial charge in [-0.3, -0.25) is 0 Å². The van der Waals surface area contributed by atoms with Crippen molar-refractivity contribution in [3.63, 3.8) is 0 Å². The van der Waals surface area contributed by atoms with E-state index in [1.807, 2.05) is 6.07 Å². The zero-order valence-corrected chi connectivity index (χ0v) is 37.6. The number of anilines is 3. The molecule has 0 amide bonds. The number of nitrogens with zero attached hydrogens (tertiary/aromatic N) is 1. The van der Waals surface area contributed by atoms with Crippen molar-refractivity contribution >= 4 is 49.8 Å². The summed E-state index contributed by atoms with van der Waals surface area (Å²) in [5.41, 5.74) is 20.5. The standard InChI is InChI=1S/C66H45NO/c1-66(47-24-6-3-7-25-47)58-35-12-8-29-57(58)64-50(31-19-36-59(64)66)45-40-42-48(43-41-45)67(61-38-14-10-27-52(61)55-33-18-34-56-53-28-11-15-39-62(53)68-65(55)56)60-37-13-9-26-51(60)54-32-17-23-46-22-16-30-49(63(46)54)44-20-4-2-5-21-44/h2-43H,1H3. The van der Waals surface area contributed by atoms with Crippen molar-refractivity contribution in [2.75, 3.05) is 4.90 Å². The molecule has 1 heterocycles. The van der Waals surface area contributed by atoms with E-state index >= 15 is 0 Å². The number of fused-ring (bicyclic) bond motifs is 7. The molecular formula is C66H45NO. The van der Waals surface area contributed by atoms with Gasteiger partial charge >= 0.3 is 0 Å². The second kappa shape index (κ2) is 16.0. The lowest BCUT2D eigenvalue weighted by Gasteiger charge is -2.30. The van der Waals surface area contributed by atoms with Gasteiger partial charge in [-0.2, -0.15) is 0 Å². The topological polar surface area (TPSA) is 16.4 Å². The first-order valence-electron chi connectivity index (χ1n) is 23.5. The fourth-order valence-corrected chi connectivity index (χ4v) is 11.2. The number of furan rings is 1. The van der Waals surface area contributed by atoms with Gasteiger partial charge in [0, 0.05) is 38.6 Å². The van der Waals surface area contributed by atoms with E-state index < -0.39 is 0 Å². The lowest BCUT2D eigenvalue weighted by atomic mass is 9.74. The first-order valence-corrected chi connectivity index (χ1v) is 23.5. The van der Waals surface area contributed by atoms with Crippen molar-refractivity contribution in [2.45, 2.75) is 12.3 Å². The van der Waals surface area contributed by atoms with Crippen molar-refractivity contribution in [3.8, 4) is 55.6 Å². The van der Waals surface area contributed by atoms with Gasteiger partial charge in [-0.25, -0.2) is 0 Å². The Bertz CT molecular complexity index is 3860. The molecule has 1 aromatic heterocycles. The molecule has 0 radical (unpaired) electrons. The molecule has 0 bridgehead atoms. The van der Waals surface area contributed by atoms with Crippen LogP contribution in [-0.2, 0) is 5.41 Å². The van der Waals surface area contributed by atoms with Crippen LogP contribution in [0.25, 0.3) is 88.3 Å². The second-order valence-electron chi connectivity index (χ2n) is 18.0. The van der Waals surface area contributed by atoms with Crippen molar-refractivity contribution in [2.24, 2.45) is 0 Å². The molecule has 1 atom stereocenters. The summed E-state index contributed by atoms with van der Waals surface area (Å²) < 4.78 is 6.73. The van der Waals surface area contributed by atoms with E-state index in [0.29, 0.717) is 0 Å². The average molecular weight is 868 g/mol. The summed E-state index contributed by atoms with van der Waals surface area (Å²) in [5.74, 6) is 0. The minimum absolute atomic E-state index is 0.280. The first-order chi connectivity index (χ1) is 33.6.